The van der Waals surface area contributed by atoms with E-state index in [2.05, 4.69) is 20.9 Å². The van der Waals surface area contributed by atoms with E-state index in [1.54, 1.807) is 12.1 Å². The summed E-state index contributed by atoms with van der Waals surface area (Å²) in [4.78, 5) is 4.33. The quantitative estimate of drug-likeness (QED) is 0.643. The van der Waals surface area contributed by atoms with Gasteiger partial charge in [-0.25, -0.2) is 0 Å². The van der Waals surface area contributed by atoms with Gasteiger partial charge in [0.05, 0.1) is 21.3 Å². The number of benzene rings is 1. The molecule has 0 aliphatic carbocycles. The molecule has 1 aromatic carbocycles. The van der Waals surface area contributed by atoms with Crippen LogP contribution in [0.25, 0.3) is 10.9 Å². The molecule has 2 aromatic rings. The highest BCUT2D eigenvalue weighted by atomic mass is 79.9. The lowest BCUT2D eigenvalue weighted by atomic mass is 10.2. The van der Waals surface area contributed by atoms with E-state index in [9.17, 15) is 0 Å². The third kappa shape index (κ3) is 1.96. The average Bonchev–Trinajstić information content (AvgIpc) is 2.13. The van der Waals surface area contributed by atoms with Crippen molar-refractivity contribution in [2.24, 2.45) is 0 Å². The molecule has 0 bridgehead atoms. The molecule has 0 unspecified atom stereocenters. The zero-order chi connectivity index (χ0) is 11.2. The fraction of sp³-hybridized carbons (Fsp3) is 0.100. The summed E-state index contributed by atoms with van der Waals surface area (Å²) in [6, 6.07) is 3.43. The number of rotatable bonds is 0. The number of hydrogen-bond acceptors (Lipinski definition) is 1. The van der Waals surface area contributed by atoms with Gasteiger partial charge < -0.3 is 0 Å². The summed E-state index contributed by atoms with van der Waals surface area (Å²) >= 11 is 21.4. The molecule has 0 N–H and O–H groups in total. The number of nitrogens with zero attached hydrogens (tertiary/aromatic N) is 1. The molecule has 1 heterocycles. The minimum atomic E-state index is 0.541. The van der Waals surface area contributed by atoms with Gasteiger partial charge in [-0.15, -0.1) is 0 Å². The lowest BCUT2D eigenvalue weighted by Gasteiger charge is -2.07. The maximum absolute atomic E-state index is 6.08. The van der Waals surface area contributed by atoms with E-state index in [0.717, 1.165) is 21.1 Å². The van der Waals surface area contributed by atoms with Gasteiger partial charge in [-0.3, -0.25) is 4.98 Å². The number of aryl methyl sites for hydroxylation is 1. The first-order chi connectivity index (χ1) is 7.00. The van der Waals surface area contributed by atoms with Gasteiger partial charge in [-0.05, 0) is 35.0 Å². The summed E-state index contributed by atoms with van der Waals surface area (Å²) in [5.74, 6) is 0. The summed E-state index contributed by atoms with van der Waals surface area (Å²) in [5.41, 5.74) is 1.48. The molecule has 0 radical (unpaired) electrons. The highest BCUT2D eigenvalue weighted by Crippen LogP contribution is 2.37. The fourth-order valence-corrected chi connectivity index (χ4v) is 2.90. The number of aromatic nitrogens is 1. The molecule has 0 fully saturated rings. The van der Waals surface area contributed by atoms with Crippen molar-refractivity contribution in [1.82, 2.24) is 4.98 Å². The summed E-state index contributed by atoms with van der Waals surface area (Å²) in [5, 5.41) is 2.47. The Hall–Kier alpha value is -0.0200. The SMILES string of the molecule is Cc1nc2cc(Cl)cc(Cl)c2c(Br)c1Cl. The number of fused-ring (bicyclic) bond motifs is 1. The summed E-state index contributed by atoms with van der Waals surface area (Å²) in [6.45, 7) is 1.83. The molecule has 0 aliphatic rings. The Morgan fingerprint density at radius 1 is 1.20 bits per heavy atom. The van der Waals surface area contributed by atoms with Crippen LogP contribution in [-0.4, -0.2) is 4.98 Å². The van der Waals surface area contributed by atoms with Gasteiger partial charge in [-0.2, -0.15) is 0 Å². The van der Waals surface area contributed by atoms with Crippen molar-refractivity contribution in [1.29, 1.82) is 0 Å². The molecule has 1 aromatic heterocycles. The fourth-order valence-electron chi connectivity index (χ4n) is 1.36. The van der Waals surface area contributed by atoms with Crippen LogP contribution in [0.1, 0.15) is 5.69 Å². The van der Waals surface area contributed by atoms with Gasteiger partial charge in [0, 0.05) is 14.9 Å². The largest absolute Gasteiger partial charge is 0.251 e. The predicted molar refractivity (Wildman–Crippen MR) is 69.2 cm³/mol. The van der Waals surface area contributed by atoms with Crippen LogP contribution in [0.4, 0.5) is 0 Å². The van der Waals surface area contributed by atoms with Crippen molar-refractivity contribution in [3.05, 3.63) is 37.4 Å². The van der Waals surface area contributed by atoms with Crippen molar-refractivity contribution in [3.8, 4) is 0 Å². The molecule has 1 nitrogen and oxygen atoms in total. The van der Waals surface area contributed by atoms with E-state index >= 15 is 0 Å². The van der Waals surface area contributed by atoms with Gasteiger partial charge in [0.1, 0.15) is 0 Å². The van der Waals surface area contributed by atoms with Gasteiger partial charge in [-0.1, -0.05) is 34.8 Å². The van der Waals surface area contributed by atoms with E-state index < -0.39 is 0 Å². The molecule has 0 aliphatic heterocycles. The third-order valence-corrected chi connectivity index (χ3v) is 4.05. The van der Waals surface area contributed by atoms with Gasteiger partial charge in [0.25, 0.3) is 0 Å². The van der Waals surface area contributed by atoms with E-state index in [-0.39, 0.29) is 0 Å². The zero-order valence-corrected chi connectivity index (χ0v) is 11.5. The molecule has 0 saturated heterocycles. The molecule has 78 valence electrons. The van der Waals surface area contributed by atoms with Crippen LogP contribution in [0.15, 0.2) is 16.6 Å². The molecule has 15 heavy (non-hydrogen) atoms. The standard InChI is InChI=1S/C10H5BrCl3N/c1-4-10(14)9(11)8-6(13)2-5(12)3-7(8)15-4/h2-3H,1H3. The third-order valence-electron chi connectivity index (χ3n) is 2.05. The Labute approximate surface area is 110 Å². The minimum Gasteiger partial charge on any atom is -0.251 e. The van der Waals surface area contributed by atoms with Crippen LogP contribution in [0, 0.1) is 6.92 Å². The second kappa shape index (κ2) is 4.10. The lowest BCUT2D eigenvalue weighted by molar-refractivity contribution is 1.25. The average molecular weight is 325 g/mol. The van der Waals surface area contributed by atoms with E-state index in [1.807, 2.05) is 6.92 Å². The Morgan fingerprint density at radius 2 is 1.87 bits per heavy atom. The van der Waals surface area contributed by atoms with Gasteiger partial charge >= 0.3 is 0 Å². The van der Waals surface area contributed by atoms with Crippen LogP contribution in [0.3, 0.4) is 0 Å². The van der Waals surface area contributed by atoms with Crippen LogP contribution >= 0.6 is 50.7 Å². The maximum atomic E-state index is 6.08. The van der Waals surface area contributed by atoms with Gasteiger partial charge in [0.2, 0.25) is 0 Å². The Balaban J connectivity index is 2.99. The van der Waals surface area contributed by atoms with Crippen LogP contribution < -0.4 is 0 Å². The Kier molecular flexibility index (Phi) is 3.13. The Bertz CT molecular complexity index is 554. The van der Waals surface area contributed by atoms with E-state index in [0.29, 0.717) is 15.1 Å². The second-order valence-electron chi connectivity index (χ2n) is 3.11. The smallest absolute Gasteiger partial charge is 0.0767 e. The summed E-state index contributed by atoms with van der Waals surface area (Å²) in [7, 11) is 0. The van der Waals surface area contributed by atoms with Crippen molar-refractivity contribution >= 4 is 61.6 Å². The van der Waals surface area contributed by atoms with Crippen LogP contribution in [0.5, 0.6) is 0 Å². The minimum absolute atomic E-state index is 0.541. The van der Waals surface area contributed by atoms with Crippen LogP contribution in [-0.2, 0) is 0 Å². The molecule has 2 rings (SSSR count). The zero-order valence-electron chi connectivity index (χ0n) is 7.61. The molecule has 0 atom stereocenters. The first kappa shape index (κ1) is 11.5. The molecule has 5 heteroatoms. The van der Waals surface area contributed by atoms with Crippen molar-refractivity contribution < 1.29 is 0 Å². The summed E-state index contributed by atoms with van der Waals surface area (Å²) < 4.78 is 0.758. The molecule has 0 saturated carbocycles. The van der Waals surface area contributed by atoms with Crippen molar-refractivity contribution in [2.75, 3.05) is 0 Å². The van der Waals surface area contributed by atoms with Crippen molar-refractivity contribution in [2.45, 2.75) is 6.92 Å². The van der Waals surface area contributed by atoms with E-state index in [1.165, 1.54) is 0 Å². The molecule has 0 spiro atoms. The van der Waals surface area contributed by atoms with E-state index in [4.69, 9.17) is 34.8 Å². The molecular weight excluding hydrogens is 320 g/mol. The maximum Gasteiger partial charge on any atom is 0.0767 e. The first-order valence-electron chi connectivity index (χ1n) is 4.11. The second-order valence-corrected chi connectivity index (χ2v) is 5.12. The Morgan fingerprint density at radius 3 is 2.53 bits per heavy atom. The molecule has 0 amide bonds. The topological polar surface area (TPSA) is 12.9 Å². The normalized spacial score (nSPS) is 11.0. The number of hydrogen-bond donors (Lipinski definition) is 0. The predicted octanol–water partition coefficient (Wildman–Crippen LogP) is 5.27. The monoisotopic (exact) mass is 323 g/mol. The highest BCUT2D eigenvalue weighted by Gasteiger charge is 2.12. The highest BCUT2D eigenvalue weighted by molar-refractivity contribution is 9.10. The number of halogens is 4. The van der Waals surface area contributed by atoms with Crippen molar-refractivity contribution in [3.63, 3.8) is 0 Å². The lowest BCUT2D eigenvalue weighted by Crippen LogP contribution is -1.88. The summed E-state index contributed by atoms with van der Waals surface area (Å²) in [6.07, 6.45) is 0. The molecular formula is C10H5BrCl3N. The number of pyridine rings is 1. The van der Waals surface area contributed by atoms with Gasteiger partial charge in [0.15, 0.2) is 0 Å². The first-order valence-corrected chi connectivity index (χ1v) is 6.03. The van der Waals surface area contributed by atoms with Crippen LogP contribution in [0.2, 0.25) is 15.1 Å².